The maximum absolute atomic E-state index is 13.6. The predicted octanol–water partition coefficient (Wildman–Crippen LogP) is 1.78. The number of rotatable bonds is 2. The number of hydrogen-bond acceptors (Lipinski definition) is 4. The van der Waals surface area contributed by atoms with Crippen molar-refractivity contribution in [2.45, 2.75) is 6.92 Å². The van der Waals surface area contributed by atoms with Crippen molar-refractivity contribution < 1.29 is 9.13 Å². The molecule has 92 valence electrons. The lowest BCUT2D eigenvalue weighted by Crippen LogP contribution is -2.05. The van der Waals surface area contributed by atoms with Crippen LogP contribution in [0.25, 0.3) is 5.69 Å². The molecule has 0 saturated heterocycles. The average Bonchev–Trinajstić information content (AvgIpc) is 2.64. The summed E-state index contributed by atoms with van der Waals surface area (Å²) in [5.41, 5.74) is 6.95. The van der Waals surface area contributed by atoms with Crippen molar-refractivity contribution in [1.82, 2.24) is 9.78 Å². The minimum Gasteiger partial charge on any atom is -0.492 e. The summed E-state index contributed by atoms with van der Waals surface area (Å²) >= 11 is 0. The van der Waals surface area contributed by atoms with E-state index in [1.165, 1.54) is 23.9 Å². The molecular weight excluding hydrogens is 235 g/mol. The summed E-state index contributed by atoms with van der Waals surface area (Å²) in [6, 6.07) is 6.38. The second-order valence-corrected chi connectivity index (χ2v) is 3.66. The highest BCUT2D eigenvalue weighted by Gasteiger charge is 2.17. The smallest absolute Gasteiger partial charge is 0.180 e. The molecule has 5 nitrogen and oxygen atoms in total. The molecule has 1 aromatic carbocycles. The van der Waals surface area contributed by atoms with E-state index < -0.39 is 5.82 Å². The third kappa shape index (κ3) is 1.66. The highest BCUT2D eigenvalue weighted by molar-refractivity contribution is 5.59. The molecule has 1 heterocycles. The number of aromatic nitrogens is 2. The van der Waals surface area contributed by atoms with Crippen LogP contribution in [0.4, 0.5) is 10.2 Å². The summed E-state index contributed by atoms with van der Waals surface area (Å²) in [5.74, 6) is -0.309. The first-order valence-corrected chi connectivity index (χ1v) is 5.18. The number of halogens is 1. The van der Waals surface area contributed by atoms with Gasteiger partial charge in [-0.15, -0.1) is 0 Å². The van der Waals surface area contributed by atoms with Crippen molar-refractivity contribution in [2.24, 2.45) is 0 Å². The fraction of sp³-hybridized carbons (Fsp3) is 0.167. The molecule has 0 spiro atoms. The van der Waals surface area contributed by atoms with Gasteiger partial charge in [0.15, 0.2) is 11.6 Å². The Morgan fingerprint density at radius 2 is 2.22 bits per heavy atom. The molecule has 0 atom stereocenters. The minimum atomic E-state index is -0.513. The predicted molar refractivity (Wildman–Crippen MR) is 63.9 cm³/mol. The van der Waals surface area contributed by atoms with Gasteiger partial charge >= 0.3 is 0 Å². The molecule has 2 N–H and O–H groups in total. The molecule has 0 unspecified atom stereocenters. The van der Waals surface area contributed by atoms with Crippen LogP contribution in [0.1, 0.15) is 11.3 Å². The number of hydrogen-bond donors (Lipinski definition) is 1. The molecule has 2 rings (SSSR count). The molecule has 0 aliphatic heterocycles. The Kier molecular flexibility index (Phi) is 2.90. The van der Waals surface area contributed by atoms with Crippen LogP contribution >= 0.6 is 0 Å². The molecule has 0 aliphatic rings. The Balaban J connectivity index is 2.71. The summed E-state index contributed by atoms with van der Waals surface area (Å²) in [6.07, 6.45) is 0. The number of nitrogen functional groups attached to an aromatic ring is 1. The van der Waals surface area contributed by atoms with E-state index in [1.807, 2.05) is 6.07 Å². The quantitative estimate of drug-likeness (QED) is 0.876. The van der Waals surface area contributed by atoms with Gasteiger partial charge in [-0.1, -0.05) is 6.07 Å². The summed E-state index contributed by atoms with van der Waals surface area (Å²) in [6.45, 7) is 1.66. The van der Waals surface area contributed by atoms with E-state index in [4.69, 9.17) is 15.7 Å². The molecular formula is C12H11FN4O. The number of nitrogens with two attached hydrogens (primary N) is 1. The second-order valence-electron chi connectivity index (χ2n) is 3.66. The van der Waals surface area contributed by atoms with Crippen molar-refractivity contribution in [3.05, 3.63) is 35.3 Å². The third-order valence-corrected chi connectivity index (χ3v) is 2.59. The molecule has 0 saturated carbocycles. The summed E-state index contributed by atoms with van der Waals surface area (Å²) in [5, 5.41) is 13.1. The van der Waals surface area contributed by atoms with Gasteiger partial charge in [0, 0.05) is 0 Å². The Bertz CT molecular complexity index is 642. The first kappa shape index (κ1) is 11.9. The van der Waals surface area contributed by atoms with E-state index in [0.29, 0.717) is 11.4 Å². The highest BCUT2D eigenvalue weighted by atomic mass is 19.1. The van der Waals surface area contributed by atoms with E-state index in [0.717, 1.165) is 0 Å². The first-order valence-electron chi connectivity index (χ1n) is 5.18. The molecule has 0 aliphatic carbocycles. The molecule has 2 aromatic rings. The Labute approximate surface area is 103 Å². The average molecular weight is 246 g/mol. The number of para-hydroxylation sites is 1. The van der Waals surface area contributed by atoms with Gasteiger partial charge in [0.25, 0.3) is 0 Å². The van der Waals surface area contributed by atoms with Crippen molar-refractivity contribution in [1.29, 1.82) is 5.26 Å². The summed E-state index contributed by atoms with van der Waals surface area (Å²) in [4.78, 5) is 0. The van der Waals surface area contributed by atoms with E-state index >= 15 is 0 Å². The number of anilines is 1. The fourth-order valence-electron chi connectivity index (χ4n) is 1.73. The van der Waals surface area contributed by atoms with Crippen molar-refractivity contribution in [2.75, 3.05) is 12.8 Å². The molecule has 0 fully saturated rings. The third-order valence-electron chi connectivity index (χ3n) is 2.59. The maximum atomic E-state index is 13.6. The molecule has 1 aromatic heterocycles. The van der Waals surface area contributed by atoms with E-state index in [2.05, 4.69) is 5.10 Å². The molecule has 0 bridgehead atoms. The number of benzene rings is 1. The SMILES string of the molecule is COc1c(F)cccc1-n1nc(C)c(C#N)c1N. The zero-order valence-electron chi connectivity index (χ0n) is 9.94. The fourth-order valence-corrected chi connectivity index (χ4v) is 1.73. The van der Waals surface area contributed by atoms with E-state index in [1.54, 1.807) is 13.0 Å². The minimum absolute atomic E-state index is 0.0381. The van der Waals surface area contributed by atoms with Crippen LogP contribution in [-0.2, 0) is 0 Å². The topological polar surface area (TPSA) is 76.9 Å². The molecule has 18 heavy (non-hydrogen) atoms. The van der Waals surface area contributed by atoms with Gasteiger partial charge < -0.3 is 10.5 Å². The number of nitrogens with zero attached hydrogens (tertiary/aromatic N) is 3. The lowest BCUT2D eigenvalue weighted by atomic mass is 10.2. The van der Waals surface area contributed by atoms with Crippen LogP contribution in [0, 0.1) is 24.1 Å². The van der Waals surface area contributed by atoms with Crippen molar-refractivity contribution in [3.8, 4) is 17.5 Å². The van der Waals surface area contributed by atoms with Gasteiger partial charge in [-0.3, -0.25) is 0 Å². The standard InChI is InChI=1S/C12H11FN4O/c1-7-8(6-14)12(15)17(16-7)10-5-3-4-9(13)11(10)18-2/h3-5H,15H2,1-2H3. The summed E-state index contributed by atoms with van der Waals surface area (Å²) < 4.78 is 19.9. The van der Waals surface area contributed by atoms with Gasteiger partial charge in [0.1, 0.15) is 23.1 Å². The van der Waals surface area contributed by atoms with Crippen LogP contribution in [0.3, 0.4) is 0 Å². The zero-order chi connectivity index (χ0) is 13.3. The Morgan fingerprint density at radius 1 is 1.50 bits per heavy atom. The lowest BCUT2D eigenvalue weighted by molar-refractivity contribution is 0.384. The largest absolute Gasteiger partial charge is 0.492 e. The number of aryl methyl sites for hydroxylation is 1. The van der Waals surface area contributed by atoms with Crippen LogP contribution in [0.5, 0.6) is 5.75 Å². The van der Waals surface area contributed by atoms with Gasteiger partial charge in [0.05, 0.1) is 12.8 Å². The van der Waals surface area contributed by atoms with Gasteiger partial charge in [-0.25, -0.2) is 9.07 Å². The van der Waals surface area contributed by atoms with Gasteiger partial charge in [-0.2, -0.15) is 10.4 Å². The lowest BCUT2D eigenvalue weighted by Gasteiger charge is -2.10. The number of methoxy groups -OCH3 is 1. The maximum Gasteiger partial charge on any atom is 0.180 e. The zero-order valence-corrected chi connectivity index (χ0v) is 9.94. The van der Waals surface area contributed by atoms with Crippen LogP contribution in [-0.4, -0.2) is 16.9 Å². The van der Waals surface area contributed by atoms with E-state index in [-0.39, 0.29) is 17.1 Å². The van der Waals surface area contributed by atoms with Crippen LogP contribution in [0.2, 0.25) is 0 Å². The van der Waals surface area contributed by atoms with Crippen molar-refractivity contribution in [3.63, 3.8) is 0 Å². The monoisotopic (exact) mass is 246 g/mol. The van der Waals surface area contributed by atoms with Crippen molar-refractivity contribution >= 4 is 5.82 Å². The first-order chi connectivity index (χ1) is 8.60. The van der Waals surface area contributed by atoms with Crippen LogP contribution < -0.4 is 10.5 Å². The van der Waals surface area contributed by atoms with Gasteiger partial charge in [0.2, 0.25) is 0 Å². The number of ether oxygens (including phenoxy) is 1. The normalized spacial score (nSPS) is 10.1. The summed E-state index contributed by atoms with van der Waals surface area (Å²) in [7, 11) is 1.36. The molecule has 0 radical (unpaired) electrons. The van der Waals surface area contributed by atoms with Gasteiger partial charge in [-0.05, 0) is 19.1 Å². The molecule has 6 heteroatoms. The highest BCUT2D eigenvalue weighted by Crippen LogP contribution is 2.29. The number of nitriles is 1. The second kappa shape index (κ2) is 4.37. The molecule has 0 amide bonds. The van der Waals surface area contributed by atoms with Crippen LogP contribution in [0.15, 0.2) is 18.2 Å². The Hall–Kier alpha value is -2.55. The van der Waals surface area contributed by atoms with E-state index in [9.17, 15) is 4.39 Å². The Morgan fingerprint density at radius 3 is 2.78 bits per heavy atom.